The molecule has 0 spiro atoms. The van der Waals surface area contributed by atoms with E-state index in [9.17, 15) is 13.0 Å². The van der Waals surface area contributed by atoms with Crippen molar-refractivity contribution >= 4 is 21.5 Å². The first-order chi connectivity index (χ1) is 21.4. The van der Waals surface area contributed by atoms with Gasteiger partial charge in [0.05, 0.1) is 36.2 Å². The molecule has 0 saturated carbocycles. The Balaban J connectivity index is 0.000000514. The Morgan fingerprint density at radius 3 is 1.98 bits per heavy atom. The molecule has 1 fully saturated rings. The zero-order valence-corrected chi connectivity index (χ0v) is 29.1. The van der Waals surface area contributed by atoms with Gasteiger partial charge in [0.15, 0.2) is 6.20 Å². The van der Waals surface area contributed by atoms with Crippen LogP contribution in [-0.2, 0) is 30.9 Å². The molecule has 7 nitrogen and oxygen atoms in total. The summed E-state index contributed by atoms with van der Waals surface area (Å²) in [5.41, 5.74) is 3.12. The summed E-state index contributed by atoms with van der Waals surface area (Å²) < 4.78 is 51.2. The van der Waals surface area contributed by atoms with Crippen molar-refractivity contribution in [2.45, 2.75) is 134 Å². The molecule has 1 aromatic carbocycles. The summed E-state index contributed by atoms with van der Waals surface area (Å²) >= 11 is 1.77. The van der Waals surface area contributed by atoms with Crippen LogP contribution in [0.25, 0.3) is 0 Å². The number of ether oxygens (including phenoxy) is 3. The maximum atomic E-state index is 10.4. The third-order valence-electron chi connectivity index (χ3n) is 8.01. The molecular weight excluding hydrogens is 595 g/mol. The van der Waals surface area contributed by atoms with Crippen LogP contribution in [0.4, 0.5) is 0 Å². The summed E-state index contributed by atoms with van der Waals surface area (Å²) in [5, 5.41) is 2.14. The van der Waals surface area contributed by atoms with E-state index in [1.54, 1.807) is 23.5 Å². The molecule has 252 valence electrons. The lowest BCUT2D eigenvalue weighted by atomic mass is 10.1. The SMILES string of the molecule is CCCCCCCCCCCCOC[C@@H]1CO[C@@H](COCCCCCCC[n+]2ccsc2)C1.Cc1ccc(S(=O)(=O)[O-])cc1. The van der Waals surface area contributed by atoms with E-state index >= 15 is 0 Å². The van der Waals surface area contributed by atoms with Gasteiger partial charge in [-0.1, -0.05) is 107 Å². The molecule has 2 aromatic rings. The summed E-state index contributed by atoms with van der Waals surface area (Å²) in [7, 11) is -4.27. The molecule has 1 aromatic heterocycles. The van der Waals surface area contributed by atoms with Crippen LogP contribution in [0.2, 0.25) is 0 Å². The molecule has 0 radical (unpaired) electrons. The molecule has 0 amide bonds. The fraction of sp³-hybridized carbons (Fsp3) is 0.743. The van der Waals surface area contributed by atoms with Gasteiger partial charge < -0.3 is 18.8 Å². The predicted molar refractivity (Wildman–Crippen MR) is 178 cm³/mol. The quantitative estimate of drug-likeness (QED) is 0.0644. The Hall–Kier alpha value is -1.36. The Kier molecular flexibility index (Phi) is 21.9. The average Bonchev–Trinajstić information content (AvgIpc) is 3.69. The van der Waals surface area contributed by atoms with E-state index < -0.39 is 10.1 Å². The molecular formula is C35H59NO6S2. The van der Waals surface area contributed by atoms with Crippen molar-refractivity contribution in [3.05, 3.63) is 46.9 Å². The highest BCUT2D eigenvalue weighted by Gasteiger charge is 2.25. The standard InChI is InChI=1S/C28H52NO3S.C7H8O3S/c1-2-3-4-5-6-7-8-9-12-15-19-30-23-27-22-28(32-24-27)25-31-20-16-13-10-11-14-17-29-18-21-33-26-29;1-6-2-4-7(5-3-6)11(8,9)10/h18,21,26-28H,2-17,19-20,22-25H2,1H3;2-5H,1H3,(H,8,9,10)/q+1;/p-1/t27-,28-;/m1./s1. The van der Waals surface area contributed by atoms with Crippen molar-refractivity contribution in [3.8, 4) is 0 Å². The zero-order valence-electron chi connectivity index (χ0n) is 27.5. The average molecular weight is 654 g/mol. The number of aromatic nitrogens is 1. The van der Waals surface area contributed by atoms with E-state index in [0.29, 0.717) is 5.92 Å². The molecule has 0 N–H and O–H groups in total. The minimum atomic E-state index is -4.27. The van der Waals surface area contributed by atoms with E-state index in [2.05, 4.69) is 28.6 Å². The zero-order chi connectivity index (χ0) is 31.7. The number of hydrogen-bond donors (Lipinski definition) is 0. The van der Waals surface area contributed by atoms with Crippen LogP contribution in [0.5, 0.6) is 0 Å². The van der Waals surface area contributed by atoms with Crippen LogP contribution >= 0.6 is 11.3 Å². The van der Waals surface area contributed by atoms with Gasteiger partial charge in [-0.05, 0) is 44.7 Å². The Morgan fingerprint density at radius 1 is 0.841 bits per heavy atom. The van der Waals surface area contributed by atoms with Crippen molar-refractivity contribution < 1.29 is 31.7 Å². The Bertz CT molecular complexity index is 1030. The van der Waals surface area contributed by atoms with Gasteiger partial charge in [-0.25, -0.2) is 8.42 Å². The highest BCUT2D eigenvalue weighted by Crippen LogP contribution is 2.20. The van der Waals surface area contributed by atoms with Crippen LogP contribution in [0.15, 0.2) is 46.2 Å². The first-order valence-corrected chi connectivity index (χ1v) is 19.4. The molecule has 0 unspecified atom stereocenters. The molecule has 9 heteroatoms. The second kappa shape index (κ2) is 24.8. The minimum Gasteiger partial charge on any atom is -0.744 e. The minimum absolute atomic E-state index is 0.178. The molecule has 0 bridgehead atoms. The van der Waals surface area contributed by atoms with Crippen molar-refractivity contribution in [3.63, 3.8) is 0 Å². The van der Waals surface area contributed by atoms with Gasteiger partial charge >= 0.3 is 0 Å². The predicted octanol–water partition coefficient (Wildman–Crippen LogP) is 8.24. The fourth-order valence-corrected chi connectivity index (χ4v) is 6.39. The first-order valence-electron chi connectivity index (χ1n) is 17.1. The van der Waals surface area contributed by atoms with Crippen LogP contribution in [0.3, 0.4) is 0 Å². The largest absolute Gasteiger partial charge is 0.744 e. The van der Waals surface area contributed by atoms with E-state index in [-0.39, 0.29) is 11.0 Å². The van der Waals surface area contributed by atoms with Crippen LogP contribution in [-0.4, -0.2) is 52.1 Å². The molecule has 44 heavy (non-hydrogen) atoms. The van der Waals surface area contributed by atoms with Gasteiger partial charge in [-0.2, -0.15) is 4.57 Å². The number of thiazole rings is 1. The van der Waals surface area contributed by atoms with E-state index in [1.807, 2.05) is 6.92 Å². The van der Waals surface area contributed by atoms with E-state index in [0.717, 1.165) is 51.6 Å². The second-order valence-corrected chi connectivity index (χ2v) is 14.3. The lowest BCUT2D eigenvalue weighted by Crippen LogP contribution is -2.29. The van der Waals surface area contributed by atoms with Gasteiger partial charge in [0.1, 0.15) is 16.7 Å². The third kappa shape index (κ3) is 19.9. The van der Waals surface area contributed by atoms with Crippen LogP contribution < -0.4 is 4.57 Å². The highest BCUT2D eigenvalue weighted by atomic mass is 32.2. The van der Waals surface area contributed by atoms with Gasteiger partial charge in [-0.15, -0.1) is 0 Å². The van der Waals surface area contributed by atoms with Crippen molar-refractivity contribution in [2.24, 2.45) is 5.92 Å². The van der Waals surface area contributed by atoms with Crippen molar-refractivity contribution in [1.29, 1.82) is 0 Å². The van der Waals surface area contributed by atoms with E-state index in [4.69, 9.17) is 14.2 Å². The van der Waals surface area contributed by atoms with E-state index in [1.165, 1.54) is 108 Å². The number of aryl methyl sites for hydroxylation is 2. The number of rotatable bonds is 24. The number of benzene rings is 1. The molecule has 2 heterocycles. The van der Waals surface area contributed by atoms with Gasteiger partial charge in [0.25, 0.3) is 0 Å². The van der Waals surface area contributed by atoms with Crippen molar-refractivity contribution in [2.75, 3.05) is 33.0 Å². The molecule has 1 aliphatic heterocycles. The van der Waals surface area contributed by atoms with Crippen LogP contribution in [0, 0.1) is 12.8 Å². The molecule has 3 rings (SSSR count). The topological polar surface area (TPSA) is 88.8 Å². The van der Waals surface area contributed by atoms with Gasteiger partial charge in [0.2, 0.25) is 5.51 Å². The first kappa shape index (κ1) is 38.8. The maximum absolute atomic E-state index is 10.4. The lowest BCUT2D eigenvalue weighted by molar-refractivity contribution is -0.692. The van der Waals surface area contributed by atoms with Gasteiger partial charge in [0, 0.05) is 25.6 Å². The summed E-state index contributed by atoms with van der Waals surface area (Å²) in [6.45, 7) is 9.51. The highest BCUT2D eigenvalue weighted by molar-refractivity contribution is 7.85. The third-order valence-corrected chi connectivity index (χ3v) is 9.53. The normalized spacial score (nSPS) is 16.6. The molecule has 2 atom stereocenters. The smallest absolute Gasteiger partial charge is 0.224 e. The Labute approximate surface area is 272 Å². The lowest BCUT2D eigenvalue weighted by Gasteiger charge is -2.11. The number of nitrogens with zero attached hydrogens (tertiary/aromatic N) is 1. The summed E-state index contributed by atoms with van der Waals surface area (Å²) in [5.74, 6) is 0.558. The number of unbranched alkanes of at least 4 members (excludes halogenated alkanes) is 13. The molecule has 1 aliphatic rings. The number of hydrogen-bond acceptors (Lipinski definition) is 7. The Morgan fingerprint density at radius 2 is 1.41 bits per heavy atom. The summed E-state index contributed by atoms with van der Waals surface area (Å²) in [4.78, 5) is -0.178. The van der Waals surface area contributed by atoms with Crippen LogP contribution in [0.1, 0.15) is 115 Å². The van der Waals surface area contributed by atoms with Gasteiger partial charge in [-0.3, -0.25) is 0 Å². The molecule has 0 aliphatic carbocycles. The second-order valence-electron chi connectivity index (χ2n) is 12.2. The van der Waals surface area contributed by atoms with Crippen molar-refractivity contribution in [1.82, 2.24) is 0 Å². The monoisotopic (exact) mass is 653 g/mol. The maximum Gasteiger partial charge on any atom is 0.224 e. The summed E-state index contributed by atoms with van der Waals surface area (Å²) in [6, 6.07) is 5.78. The summed E-state index contributed by atoms with van der Waals surface area (Å²) in [6.07, 6.45) is 23.7. The fourth-order valence-electron chi connectivity index (χ4n) is 5.29. The molecule has 1 saturated heterocycles.